The van der Waals surface area contributed by atoms with Crippen molar-refractivity contribution in [2.24, 2.45) is 0 Å². The van der Waals surface area contributed by atoms with Gasteiger partial charge in [-0.25, -0.2) is 0 Å². The summed E-state index contributed by atoms with van der Waals surface area (Å²) in [4.78, 5) is 37.1. The second kappa shape index (κ2) is 47.8. The molecular weight excluding hydrogens is 811 g/mol. The van der Waals surface area contributed by atoms with Crippen molar-refractivity contribution in [2.75, 3.05) is 41.0 Å². The maximum atomic E-state index is 12.8. The standard InChI is InChI=1S/C57H103NO7/c1-6-8-10-12-14-16-18-20-22-24-26-28-30-32-34-36-38-40-42-44-46-48-56(60)65-53(51-63-50-49-54(57(61)62)58(3,4)5)52-64-55(59)47-45-43-41-39-37-35-33-31-29-27-25-23-21-19-17-15-13-11-9-7-2/h8,10,14,16-17,19,21,23,53-54H,6-7,9,11-13,15,18,20,22,24-52H2,1-5H3/b10-8+,16-14+,19-17+,23-21+. The van der Waals surface area contributed by atoms with Gasteiger partial charge in [-0.1, -0.05) is 210 Å². The number of carboxylic acids is 1. The van der Waals surface area contributed by atoms with E-state index >= 15 is 0 Å². The second-order valence-electron chi connectivity index (χ2n) is 19.5. The smallest absolute Gasteiger partial charge is 0.306 e. The van der Waals surface area contributed by atoms with Gasteiger partial charge in [0.1, 0.15) is 12.6 Å². The van der Waals surface area contributed by atoms with Crippen molar-refractivity contribution in [3.63, 3.8) is 0 Å². The zero-order chi connectivity index (χ0) is 47.7. The van der Waals surface area contributed by atoms with Crippen molar-refractivity contribution in [1.29, 1.82) is 0 Å². The summed E-state index contributed by atoms with van der Waals surface area (Å²) in [6, 6.07) is -0.727. The fraction of sp³-hybridized carbons (Fsp3) is 0.807. The molecule has 0 heterocycles. The first-order valence-corrected chi connectivity index (χ1v) is 27.2. The Labute approximate surface area is 401 Å². The Morgan fingerprint density at radius 1 is 0.492 bits per heavy atom. The summed E-state index contributed by atoms with van der Waals surface area (Å²) in [5.41, 5.74) is 0. The van der Waals surface area contributed by atoms with Crippen molar-refractivity contribution in [3.05, 3.63) is 48.6 Å². The molecule has 2 unspecified atom stereocenters. The average molecular weight is 914 g/mol. The molecule has 2 atom stereocenters. The van der Waals surface area contributed by atoms with Crippen LogP contribution in [0, 0.1) is 0 Å². The summed E-state index contributed by atoms with van der Waals surface area (Å²) in [7, 11) is 5.42. The summed E-state index contributed by atoms with van der Waals surface area (Å²) in [5.74, 6) is -1.73. The molecule has 0 aliphatic carbocycles. The highest BCUT2D eigenvalue weighted by Crippen LogP contribution is 2.16. The van der Waals surface area contributed by atoms with Crippen LogP contribution in [0.3, 0.4) is 0 Å². The number of carboxylic acid groups (broad SMARTS) is 1. The lowest BCUT2D eigenvalue weighted by Crippen LogP contribution is -2.55. The normalized spacial score (nSPS) is 13.2. The molecule has 0 aromatic carbocycles. The van der Waals surface area contributed by atoms with E-state index < -0.39 is 18.1 Å². The number of ether oxygens (including phenoxy) is 3. The Kier molecular flexibility index (Phi) is 45.8. The van der Waals surface area contributed by atoms with Gasteiger partial charge in [0, 0.05) is 19.3 Å². The zero-order valence-corrected chi connectivity index (χ0v) is 43.2. The van der Waals surface area contributed by atoms with Crippen LogP contribution in [0.2, 0.25) is 0 Å². The number of likely N-dealkylation sites (N-methyl/N-ethyl adjacent to an activating group) is 1. The van der Waals surface area contributed by atoms with E-state index in [0.29, 0.717) is 12.8 Å². The molecule has 0 aromatic heterocycles. The van der Waals surface area contributed by atoms with E-state index in [4.69, 9.17) is 14.2 Å². The van der Waals surface area contributed by atoms with E-state index in [2.05, 4.69) is 62.5 Å². The average Bonchev–Trinajstić information content (AvgIpc) is 3.27. The van der Waals surface area contributed by atoms with E-state index in [9.17, 15) is 19.5 Å². The first-order chi connectivity index (χ1) is 31.6. The summed E-state index contributed by atoms with van der Waals surface area (Å²) in [5, 5.41) is 11.7. The van der Waals surface area contributed by atoms with E-state index in [-0.39, 0.29) is 42.7 Å². The summed E-state index contributed by atoms with van der Waals surface area (Å²) in [6.07, 6.45) is 58.6. The van der Waals surface area contributed by atoms with Gasteiger partial charge in [0.2, 0.25) is 0 Å². The van der Waals surface area contributed by atoms with Crippen molar-refractivity contribution >= 4 is 17.9 Å². The maximum absolute atomic E-state index is 12.8. The first kappa shape index (κ1) is 62.3. The Morgan fingerprint density at radius 2 is 0.908 bits per heavy atom. The number of esters is 2. The predicted octanol–water partition coefficient (Wildman–Crippen LogP) is 14.6. The number of hydrogen-bond donors (Lipinski definition) is 0. The van der Waals surface area contributed by atoms with Crippen LogP contribution < -0.4 is 5.11 Å². The van der Waals surface area contributed by atoms with Gasteiger partial charge in [-0.15, -0.1) is 0 Å². The molecule has 8 nitrogen and oxygen atoms in total. The van der Waals surface area contributed by atoms with Crippen molar-refractivity contribution < 1.29 is 38.2 Å². The summed E-state index contributed by atoms with van der Waals surface area (Å²) in [6.45, 7) is 4.57. The third-order valence-corrected chi connectivity index (χ3v) is 12.2. The largest absolute Gasteiger partial charge is 0.544 e. The molecule has 0 saturated heterocycles. The molecule has 0 radical (unpaired) electrons. The SMILES string of the molecule is CC/C=C/C/C=C/CCCCCCCCCCCCCCCCC(=O)OC(COCCC(C(=O)[O-])[N+](C)(C)C)COC(=O)CCCCCCCCCCCC/C=C/C=C/CCCCCC. The van der Waals surface area contributed by atoms with E-state index in [0.717, 1.165) is 51.4 Å². The molecule has 378 valence electrons. The van der Waals surface area contributed by atoms with Crippen molar-refractivity contribution in [3.8, 4) is 0 Å². The van der Waals surface area contributed by atoms with Crippen LogP contribution in [0.15, 0.2) is 48.6 Å². The molecule has 0 aliphatic heterocycles. The van der Waals surface area contributed by atoms with Gasteiger partial charge < -0.3 is 28.6 Å². The Hall–Kier alpha value is -2.71. The molecule has 0 N–H and O–H groups in total. The number of hydrogen-bond acceptors (Lipinski definition) is 7. The number of rotatable bonds is 49. The highest BCUT2D eigenvalue weighted by molar-refractivity contribution is 5.70. The number of allylic oxidation sites excluding steroid dienone is 8. The minimum Gasteiger partial charge on any atom is -0.544 e. The van der Waals surface area contributed by atoms with Crippen LogP contribution in [0.25, 0.3) is 0 Å². The molecule has 0 aromatic rings. The predicted molar refractivity (Wildman–Crippen MR) is 273 cm³/mol. The molecule has 65 heavy (non-hydrogen) atoms. The highest BCUT2D eigenvalue weighted by Gasteiger charge is 2.25. The highest BCUT2D eigenvalue weighted by atomic mass is 16.6. The van der Waals surface area contributed by atoms with Gasteiger partial charge in [-0.05, 0) is 64.2 Å². The van der Waals surface area contributed by atoms with Gasteiger partial charge in [0.05, 0.1) is 40.3 Å². The molecule has 8 heteroatoms. The molecular formula is C57H103NO7. The van der Waals surface area contributed by atoms with Crippen LogP contribution in [0.5, 0.6) is 0 Å². The van der Waals surface area contributed by atoms with Crippen LogP contribution in [0.4, 0.5) is 0 Å². The summed E-state index contributed by atoms with van der Waals surface area (Å²) >= 11 is 0. The van der Waals surface area contributed by atoms with Gasteiger partial charge in [0.25, 0.3) is 0 Å². The fourth-order valence-corrected chi connectivity index (χ4v) is 8.04. The van der Waals surface area contributed by atoms with Crippen LogP contribution in [0.1, 0.15) is 245 Å². The molecule has 0 fully saturated rings. The quantitative estimate of drug-likeness (QED) is 0.0197. The number of unbranched alkanes of at least 4 members (excludes halogenated alkanes) is 28. The topological polar surface area (TPSA) is 102 Å². The Balaban J connectivity index is 4.19. The van der Waals surface area contributed by atoms with Crippen molar-refractivity contribution in [2.45, 2.75) is 257 Å². The minimum absolute atomic E-state index is 0.0410. The lowest BCUT2D eigenvalue weighted by molar-refractivity contribution is -0.889. The fourth-order valence-electron chi connectivity index (χ4n) is 8.04. The number of carbonyl (C=O) groups excluding carboxylic acids is 3. The molecule has 0 rings (SSSR count). The monoisotopic (exact) mass is 914 g/mol. The van der Waals surface area contributed by atoms with E-state index in [1.165, 1.54) is 161 Å². The third-order valence-electron chi connectivity index (χ3n) is 12.2. The van der Waals surface area contributed by atoms with Gasteiger partial charge in [0.15, 0.2) is 6.10 Å². The number of quaternary nitrogens is 1. The van der Waals surface area contributed by atoms with E-state index in [1.807, 2.05) is 21.1 Å². The maximum Gasteiger partial charge on any atom is 0.306 e. The first-order valence-electron chi connectivity index (χ1n) is 27.2. The zero-order valence-electron chi connectivity index (χ0n) is 43.2. The Bertz CT molecular complexity index is 1200. The number of carbonyl (C=O) groups is 3. The Morgan fingerprint density at radius 3 is 1.35 bits per heavy atom. The van der Waals surface area contributed by atoms with Gasteiger partial charge in [-0.2, -0.15) is 0 Å². The number of aliphatic carboxylic acids is 1. The van der Waals surface area contributed by atoms with Crippen molar-refractivity contribution in [1.82, 2.24) is 0 Å². The second-order valence-corrected chi connectivity index (χ2v) is 19.5. The minimum atomic E-state index is -1.12. The summed E-state index contributed by atoms with van der Waals surface area (Å²) < 4.78 is 17.3. The van der Waals surface area contributed by atoms with Gasteiger partial charge >= 0.3 is 11.9 Å². The lowest BCUT2D eigenvalue weighted by atomic mass is 10.0. The van der Waals surface area contributed by atoms with Gasteiger partial charge in [-0.3, -0.25) is 9.59 Å². The van der Waals surface area contributed by atoms with E-state index in [1.54, 1.807) is 0 Å². The molecule has 0 saturated carbocycles. The van der Waals surface area contributed by atoms with Crippen LogP contribution in [-0.2, 0) is 28.6 Å². The molecule has 0 bridgehead atoms. The third kappa shape index (κ3) is 46.2. The number of nitrogens with zero attached hydrogens (tertiary/aromatic N) is 1. The lowest BCUT2D eigenvalue weighted by Gasteiger charge is -2.34. The van der Waals surface area contributed by atoms with Crippen LogP contribution in [-0.4, -0.2) is 75.5 Å². The molecule has 0 amide bonds. The van der Waals surface area contributed by atoms with Crippen LogP contribution >= 0.6 is 0 Å². The molecule has 0 spiro atoms. The molecule has 0 aliphatic rings.